The van der Waals surface area contributed by atoms with E-state index in [4.69, 9.17) is 0 Å². The first-order chi connectivity index (χ1) is 9.18. The Morgan fingerprint density at radius 1 is 1.15 bits per heavy atom. The summed E-state index contributed by atoms with van der Waals surface area (Å²) in [6, 6.07) is 7.68. The highest BCUT2D eigenvalue weighted by Gasteiger charge is 2.54. The Bertz CT molecular complexity index is 585. The van der Waals surface area contributed by atoms with Crippen molar-refractivity contribution < 1.29 is 30.0 Å². The molecular formula is C14H14O6. The van der Waals surface area contributed by atoms with Crippen LogP contribution in [0.3, 0.4) is 0 Å². The minimum absolute atomic E-state index is 0.131. The lowest BCUT2D eigenvalue weighted by Crippen LogP contribution is -2.59. The average Bonchev–Trinajstić information content (AvgIpc) is 2.42. The number of benzene rings is 1. The maximum Gasteiger partial charge on any atom is 0.258 e. The zero-order valence-corrected chi connectivity index (χ0v) is 10.6. The SMILES string of the molecule is CC1(O)C=C(C(=O)c2ccccc2)C(O)(O)C(=O)C1O. The zero-order chi connectivity index (χ0) is 15.1. The number of carbonyl (C=O) groups excluding carboxylic acids is 2. The number of rotatable bonds is 2. The van der Waals surface area contributed by atoms with Gasteiger partial charge in [0.1, 0.15) is 5.60 Å². The summed E-state index contributed by atoms with van der Waals surface area (Å²) in [5.41, 5.74) is -2.60. The summed E-state index contributed by atoms with van der Waals surface area (Å²) in [4.78, 5) is 23.9. The molecule has 2 unspecified atom stereocenters. The van der Waals surface area contributed by atoms with Gasteiger partial charge in [-0.25, -0.2) is 0 Å². The smallest absolute Gasteiger partial charge is 0.258 e. The third-order valence-electron chi connectivity index (χ3n) is 3.24. The Morgan fingerprint density at radius 3 is 2.25 bits per heavy atom. The van der Waals surface area contributed by atoms with Gasteiger partial charge in [-0.15, -0.1) is 0 Å². The van der Waals surface area contributed by atoms with E-state index in [0.29, 0.717) is 0 Å². The van der Waals surface area contributed by atoms with E-state index >= 15 is 0 Å². The predicted molar refractivity (Wildman–Crippen MR) is 67.7 cm³/mol. The van der Waals surface area contributed by atoms with Gasteiger partial charge in [-0.3, -0.25) is 9.59 Å². The lowest BCUT2D eigenvalue weighted by Gasteiger charge is -2.36. The molecule has 0 bridgehead atoms. The fraction of sp³-hybridized carbons (Fsp3) is 0.286. The van der Waals surface area contributed by atoms with Crippen molar-refractivity contribution in [3.63, 3.8) is 0 Å². The Kier molecular flexibility index (Phi) is 3.35. The zero-order valence-electron chi connectivity index (χ0n) is 10.6. The van der Waals surface area contributed by atoms with Crippen LogP contribution in [-0.2, 0) is 4.79 Å². The maximum atomic E-state index is 12.2. The standard InChI is InChI=1S/C14H14O6/c1-13(18)7-9(14(19,20)12(17)11(13)16)10(15)8-5-3-2-4-6-8/h2-7,11,16,18-20H,1H3. The molecule has 2 rings (SSSR count). The van der Waals surface area contributed by atoms with E-state index in [1.165, 1.54) is 12.1 Å². The third kappa shape index (κ3) is 2.19. The van der Waals surface area contributed by atoms with Gasteiger partial charge >= 0.3 is 0 Å². The molecule has 0 fully saturated rings. The van der Waals surface area contributed by atoms with E-state index in [2.05, 4.69) is 0 Å². The van der Waals surface area contributed by atoms with Crippen LogP contribution >= 0.6 is 0 Å². The van der Waals surface area contributed by atoms with Crippen LogP contribution < -0.4 is 0 Å². The topological polar surface area (TPSA) is 115 Å². The van der Waals surface area contributed by atoms with Crippen LogP contribution in [0.15, 0.2) is 42.0 Å². The Hall–Kier alpha value is -1.86. The van der Waals surface area contributed by atoms with Gasteiger partial charge in [0.2, 0.25) is 5.78 Å². The summed E-state index contributed by atoms with van der Waals surface area (Å²) in [5, 5.41) is 39.0. The Morgan fingerprint density at radius 2 is 1.70 bits per heavy atom. The number of aliphatic hydroxyl groups is 4. The van der Waals surface area contributed by atoms with Crippen LogP contribution in [0.4, 0.5) is 0 Å². The molecule has 0 radical (unpaired) electrons. The molecular weight excluding hydrogens is 264 g/mol. The van der Waals surface area contributed by atoms with Crippen molar-refractivity contribution in [2.75, 3.05) is 0 Å². The van der Waals surface area contributed by atoms with Crippen LogP contribution in [0.2, 0.25) is 0 Å². The fourth-order valence-electron chi connectivity index (χ4n) is 2.03. The van der Waals surface area contributed by atoms with Gasteiger partial charge in [0.05, 0.1) is 5.57 Å². The van der Waals surface area contributed by atoms with Gasteiger partial charge in [-0.2, -0.15) is 0 Å². The molecule has 0 saturated carbocycles. The molecule has 1 aliphatic carbocycles. The van der Waals surface area contributed by atoms with E-state index in [1.807, 2.05) is 0 Å². The van der Waals surface area contributed by atoms with Crippen LogP contribution in [0, 0.1) is 0 Å². The van der Waals surface area contributed by atoms with E-state index in [0.717, 1.165) is 13.0 Å². The number of hydrogen-bond acceptors (Lipinski definition) is 6. The average molecular weight is 278 g/mol. The van der Waals surface area contributed by atoms with Crippen molar-refractivity contribution in [3.05, 3.63) is 47.5 Å². The maximum absolute atomic E-state index is 12.2. The highest BCUT2D eigenvalue weighted by Crippen LogP contribution is 2.32. The van der Waals surface area contributed by atoms with E-state index in [-0.39, 0.29) is 5.56 Å². The number of aliphatic hydroxyl groups excluding tert-OH is 1. The molecule has 6 heteroatoms. The molecule has 1 aromatic rings. The molecule has 0 spiro atoms. The number of carbonyl (C=O) groups is 2. The molecule has 1 aliphatic rings. The number of hydrogen-bond donors (Lipinski definition) is 4. The van der Waals surface area contributed by atoms with Crippen molar-refractivity contribution in [1.29, 1.82) is 0 Å². The van der Waals surface area contributed by atoms with E-state index < -0.39 is 34.6 Å². The molecule has 4 N–H and O–H groups in total. The first-order valence-electron chi connectivity index (χ1n) is 5.90. The molecule has 0 saturated heterocycles. The molecule has 0 aromatic heterocycles. The van der Waals surface area contributed by atoms with Crippen LogP contribution in [0.5, 0.6) is 0 Å². The molecule has 0 heterocycles. The highest BCUT2D eigenvalue weighted by atomic mass is 16.5. The summed E-state index contributed by atoms with van der Waals surface area (Å²) in [6.07, 6.45) is -1.22. The van der Waals surface area contributed by atoms with Crippen LogP contribution in [-0.4, -0.2) is 49.5 Å². The van der Waals surface area contributed by atoms with Crippen molar-refractivity contribution >= 4 is 11.6 Å². The lowest BCUT2D eigenvalue weighted by atomic mass is 9.78. The summed E-state index contributed by atoms with van der Waals surface area (Å²) in [6.45, 7) is 1.10. The Balaban J connectivity index is 2.54. The molecule has 0 aliphatic heterocycles. The summed E-state index contributed by atoms with van der Waals surface area (Å²) in [5.74, 6) is -5.38. The molecule has 0 amide bonds. The molecule has 2 atom stereocenters. The second-order valence-electron chi connectivity index (χ2n) is 4.92. The second-order valence-corrected chi connectivity index (χ2v) is 4.92. The molecule has 1 aromatic carbocycles. The minimum atomic E-state index is -3.13. The highest BCUT2D eigenvalue weighted by molar-refractivity contribution is 6.15. The van der Waals surface area contributed by atoms with Crippen LogP contribution in [0.25, 0.3) is 0 Å². The second kappa shape index (κ2) is 4.60. The monoisotopic (exact) mass is 278 g/mol. The molecule has 20 heavy (non-hydrogen) atoms. The summed E-state index contributed by atoms with van der Waals surface area (Å²) < 4.78 is 0. The molecule has 106 valence electrons. The van der Waals surface area contributed by atoms with Crippen molar-refractivity contribution in [2.24, 2.45) is 0 Å². The van der Waals surface area contributed by atoms with Gasteiger partial charge in [-0.05, 0) is 13.0 Å². The largest absolute Gasteiger partial charge is 0.383 e. The van der Waals surface area contributed by atoms with Gasteiger partial charge in [0, 0.05) is 5.56 Å². The Labute approximate surface area is 114 Å². The quantitative estimate of drug-likeness (QED) is 0.415. The predicted octanol–water partition coefficient (Wildman–Crippen LogP) is -0.829. The minimum Gasteiger partial charge on any atom is -0.383 e. The van der Waals surface area contributed by atoms with Crippen molar-refractivity contribution in [3.8, 4) is 0 Å². The number of ketones is 2. The summed E-state index contributed by atoms with van der Waals surface area (Å²) in [7, 11) is 0. The van der Waals surface area contributed by atoms with Crippen molar-refractivity contribution in [2.45, 2.75) is 24.4 Å². The lowest BCUT2D eigenvalue weighted by molar-refractivity contribution is -0.189. The van der Waals surface area contributed by atoms with Crippen molar-refractivity contribution in [1.82, 2.24) is 0 Å². The van der Waals surface area contributed by atoms with Gasteiger partial charge < -0.3 is 20.4 Å². The first-order valence-corrected chi connectivity index (χ1v) is 5.90. The molecule has 6 nitrogen and oxygen atoms in total. The normalized spacial score (nSPS) is 28.9. The summed E-state index contributed by atoms with van der Waals surface area (Å²) >= 11 is 0. The fourth-order valence-corrected chi connectivity index (χ4v) is 2.03. The van der Waals surface area contributed by atoms with Crippen LogP contribution in [0.1, 0.15) is 17.3 Å². The van der Waals surface area contributed by atoms with Gasteiger partial charge in [-0.1, -0.05) is 30.3 Å². The van der Waals surface area contributed by atoms with Gasteiger partial charge in [0.25, 0.3) is 5.79 Å². The van der Waals surface area contributed by atoms with E-state index in [9.17, 15) is 30.0 Å². The number of Topliss-reactive ketones (excluding diaryl/α,β-unsaturated/α-hetero) is 2. The first kappa shape index (κ1) is 14.5. The van der Waals surface area contributed by atoms with E-state index in [1.54, 1.807) is 18.2 Å². The third-order valence-corrected chi connectivity index (χ3v) is 3.24. The van der Waals surface area contributed by atoms with Gasteiger partial charge in [0.15, 0.2) is 11.9 Å².